The molecule has 0 spiro atoms. The van der Waals surface area contributed by atoms with Gasteiger partial charge >= 0.3 is 0 Å². The maximum Gasteiger partial charge on any atom is 0.124 e. The predicted octanol–water partition coefficient (Wildman–Crippen LogP) is 4.08. The van der Waals surface area contributed by atoms with Gasteiger partial charge in [-0.05, 0) is 42.8 Å². The van der Waals surface area contributed by atoms with Gasteiger partial charge in [0.1, 0.15) is 18.2 Å². The molecule has 0 saturated heterocycles. The summed E-state index contributed by atoms with van der Waals surface area (Å²) in [5, 5.41) is 0.682. The standard InChI is InChI=1S/C15H15ClFNO/c1-10(18)14-8-13(17)6-7-15(14)19-9-11-2-4-12(16)5-3-11/h2-8,10H,9,18H2,1H3/t10-/m1/s1. The molecule has 0 fully saturated rings. The van der Waals surface area contributed by atoms with Crippen molar-refractivity contribution in [2.24, 2.45) is 5.73 Å². The van der Waals surface area contributed by atoms with Gasteiger partial charge < -0.3 is 10.5 Å². The van der Waals surface area contributed by atoms with Gasteiger partial charge in [-0.3, -0.25) is 0 Å². The highest BCUT2D eigenvalue weighted by atomic mass is 35.5. The van der Waals surface area contributed by atoms with Crippen LogP contribution < -0.4 is 10.5 Å². The number of ether oxygens (including phenoxy) is 1. The zero-order valence-corrected chi connectivity index (χ0v) is 11.3. The van der Waals surface area contributed by atoms with Gasteiger partial charge in [-0.1, -0.05) is 23.7 Å². The minimum Gasteiger partial charge on any atom is -0.489 e. The Labute approximate surface area is 117 Å². The van der Waals surface area contributed by atoms with Crippen LogP contribution in [0, 0.1) is 5.82 Å². The average molecular weight is 280 g/mol. The third kappa shape index (κ3) is 3.69. The van der Waals surface area contributed by atoms with E-state index in [1.165, 1.54) is 12.1 Å². The van der Waals surface area contributed by atoms with E-state index in [2.05, 4.69) is 0 Å². The third-order valence-corrected chi connectivity index (χ3v) is 3.02. The molecule has 1 atom stereocenters. The van der Waals surface area contributed by atoms with Crippen molar-refractivity contribution >= 4 is 11.6 Å². The molecule has 2 rings (SSSR count). The van der Waals surface area contributed by atoms with Crippen molar-refractivity contribution in [3.63, 3.8) is 0 Å². The molecule has 0 unspecified atom stereocenters. The monoisotopic (exact) mass is 279 g/mol. The molecule has 100 valence electrons. The van der Waals surface area contributed by atoms with Crippen molar-refractivity contribution in [2.45, 2.75) is 19.6 Å². The van der Waals surface area contributed by atoms with Crippen LogP contribution in [0.3, 0.4) is 0 Å². The number of benzene rings is 2. The Morgan fingerprint density at radius 3 is 2.53 bits per heavy atom. The molecule has 19 heavy (non-hydrogen) atoms. The van der Waals surface area contributed by atoms with Gasteiger partial charge in [-0.15, -0.1) is 0 Å². The van der Waals surface area contributed by atoms with Crippen molar-refractivity contribution < 1.29 is 9.13 Å². The van der Waals surface area contributed by atoms with Crippen LogP contribution in [-0.4, -0.2) is 0 Å². The summed E-state index contributed by atoms with van der Waals surface area (Å²) in [6.45, 7) is 2.19. The number of hydrogen-bond acceptors (Lipinski definition) is 2. The molecule has 2 aromatic rings. The number of rotatable bonds is 4. The minimum atomic E-state index is -0.314. The van der Waals surface area contributed by atoms with Gasteiger partial charge in [0.05, 0.1) is 0 Å². The Bertz CT molecular complexity index is 555. The number of hydrogen-bond donors (Lipinski definition) is 1. The van der Waals surface area contributed by atoms with Crippen LogP contribution >= 0.6 is 11.6 Å². The summed E-state index contributed by atoms with van der Waals surface area (Å²) in [6, 6.07) is 11.5. The summed E-state index contributed by atoms with van der Waals surface area (Å²) < 4.78 is 18.9. The molecule has 2 aromatic carbocycles. The molecule has 2 N–H and O–H groups in total. The molecule has 0 aromatic heterocycles. The van der Waals surface area contributed by atoms with E-state index in [0.29, 0.717) is 22.9 Å². The number of nitrogens with two attached hydrogens (primary N) is 1. The van der Waals surface area contributed by atoms with Crippen LogP contribution in [0.5, 0.6) is 5.75 Å². The van der Waals surface area contributed by atoms with E-state index < -0.39 is 0 Å². The summed E-state index contributed by atoms with van der Waals surface area (Å²) in [5.41, 5.74) is 7.46. The van der Waals surface area contributed by atoms with Crippen LogP contribution in [-0.2, 0) is 6.61 Å². The zero-order chi connectivity index (χ0) is 13.8. The van der Waals surface area contributed by atoms with Gasteiger partial charge in [0.25, 0.3) is 0 Å². The second-order valence-electron chi connectivity index (χ2n) is 4.39. The second-order valence-corrected chi connectivity index (χ2v) is 4.82. The Morgan fingerprint density at radius 1 is 1.21 bits per heavy atom. The lowest BCUT2D eigenvalue weighted by atomic mass is 10.1. The fraction of sp³-hybridized carbons (Fsp3) is 0.200. The summed E-state index contributed by atoms with van der Waals surface area (Å²) >= 11 is 5.81. The van der Waals surface area contributed by atoms with Crippen molar-refractivity contribution in [3.05, 3.63) is 64.4 Å². The van der Waals surface area contributed by atoms with Crippen LogP contribution in [0.2, 0.25) is 5.02 Å². The van der Waals surface area contributed by atoms with Crippen molar-refractivity contribution in [2.75, 3.05) is 0 Å². The van der Waals surface area contributed by atoms with Crippen LogP contribution in [0.15, 0.2) is 42.5 Å². The van der Waals surface area contributed by atoms with Gasteiger partial charge in [-0.2, -0.15) is 0 Å². The largest absolute Gasteiger partial charge is 0.489 e. The van der Waals surface area contributed by atoms with E-state index in [-0.39, 0.29) is 11.9 Å². The lowest BCUT2D eigenvalue weighted by Crippen LogP contribution is -2.08. The normalized spacial score (nSPS) is 12.2. The first-order valence-electron chi connectivity index (χ1n) is 5.98. The molecule has 2 nitrogen and oxygen atoms in total. The average Bonchev–Trinajstić information content (AvgIpc) is 2.39. The first-order valence-corrected chi connectivity index (χ1v) is 6.36. The summed E-state index contributed by atoms with van der Waals surface area (Å²) in [7, 11) is 0. The van der Waals surface area contributed by atoms with E-state index in [1.807, 2.05) is 12.1 Å². The second kappa shape index (κ2) is 6.04. The fourth-order valence-electron chi connectivity index (χ4n) is 1.75. The van der Waals surface area contributed by atoms with Crippen LogP contribution in [0.4, 0.5) is 4.39 Å². The van der Waals surface area contributed by atoms with Gasteiger partial charge in [0.2, 0.25) is 0 Å². The summed E-state index contributed by atoms with van der Waals surface area (Å²) in [4.78, 5) is 0. The Morgan fingerprint density at radius 2 is 1.89 bits per heavy atom. The van der Waals surface area contributed by atoms with Gasteiger partial charge in [0.15, 0.2) is 0 Å². The first-order chi connectivity index (χ1) is 9.06. The Balaban J connectivity index is 2.13. The molecule has 0 aliphatic rings. The van der Waals surface area contributed by atoms with E-state index in [9.17, 15) is 4.39 Å². The van der Waals surface area contributed by atoms with Crippen molar-refractivity contribution in [1.82, 2.24) is 0 Å². The first kappa shape index (κ1) is 13.8. The lowest BCUT2D eigenvalue weighted by Gasteiger charge is -2.14. The Hall–Kier alpha value is -1.58. The van der Waals surface area contributed by atoms with Crippen LogP contribution in [0.25, 0.3) is 0 Å². The van der Waals surface area contributed by atoms with Crippen molar-refractivity contribution in [3.8, 4) is 5.75 Å². The summed E-state index contributed by atoms with van der Waals surface area (Å²) in [5.74, 6) is 0.289. The Kier molecular flexibility index (Phi) is 4.40. The van der Waals surface area contributed by atoms with Gasteiger partial charge in [0, 0.05) is 16.6 Å². The van der Waals surface area contributed by atoms with Gasteiger partial charge in [-0.25, -0.2) is 4.39 Å². The predicted molar refractivity (Wildman–Crippen MR) is 74.8 cm³/mol. The maximum absolute atomic E-state index is 13.2. The van der Waals surface area contributed by atoms with E-state index >= 15 is 0 Å². The lowest BCUT2D eigenvalue weighted by molar-refractivity contribution is 0.301. The molecule has 0 heterocycles. The molecule has 0 saturated carbocycles. The summed E-state index contributed by atoms with van der Waals surface area (Å²) in [6.07, 6.45) is 0. The highest BCUT2D eigenvalue weighted by Gasteiger charge is 2.09. The minimum absolute atomic E-state index is 0.282. The van der Waals surface area contributed by atoms with E-state index in [4.69, 9.17) is 22.1 Å². The highest BCUT2D eigenvalue weighted by Crippen LogP contribution is 2.25. The molecule has 0 aliphatic carbocycles. The van der Waals surface area contributed by atoms with E-state index in [0.717, 1.165) is 5.56 Å². The quantitative estimate of drug-likeness (QED) is 0.915. The molecule has 0 bridgehead atoms. The molecular formula is C15H15ClFNO. The van der Waals surface area contributed by atoms with E-state index in [1.54, 1.807) is 25.1 Å². The number of halogens is 2. The molecular weight excluding hydrogens is 265 g/mol. The van der Waals surface area contributed by atoms with Crippen LogP contribution in [0.1, 0.15) is 24.1 Å². The zero-order valence-electron chi connectivity index (χ0n) is 10.6. The highest BCUT2D eigenvalue weighted by molar-refractivity contribution is 6.30. The smallest absolute Gasteiger partial charge is 0.124 e. The maximum atomic E-state index is 13.2. The van der Waals surface area contributed by atoms with Crippen molar-refractivity contribution in [1.29, 1.82) is 0 Å². The fourth-order valence-corrected chi connectivity index (χ4v) is 1.87. The molecule has 0 aliphatic heterocycles. The third-order valence-electron chi connectivity index (χ3n) is 2.77. The molecule has 0 radical (unpaired) electrons. The topological polar surface area (TPSA) is 35.2 Å². The molecule has 4 heteroatoms. The molecule has 0 amide bonds. The SMILES string of the molecule is C[C@@H](N)c1cc(F)ccc1OCc1ccc(Cl)cc1.